The number of hydrogen-bond acceptors (Lipinski definition) is 5. The Balaban J connectivity index is 2.14. The first-order valence-electron chi connectivity index (χ1n) is 4.38. The van der Waals surface area contributed by atoms with E-state index in [1.54, 1.807) is 16.8 Å². The lowest BCUT2D eigenvalue weighted by molar-refractivity contribution is 0.582. The maximum Gasteiger partial charge on any atom is 0.304 e. The molecule has 0 saturated carbocycles. The third-order valence-corrected chi connectivity index (χ3v) is 6.64. The highest BCUT2D eigenvalue weighted by atomic mass is 79.9. The number of aromatic nitrogens is 1. The number of nitrogens with one attached hydrogen (secondary N) is 2. The third-order valence-electron chi connectivity index (χ3n) is 1.85. The summed E-state index contributed by atoms with van der Waals surface area (Å²) >= 11 is 5.30. The van der Waals surface area contributed by atoms with Crippen LogP contribution in [0.15, 0.2) is 30.3 Å². The van der Waals surface area contributed by atoms with Gasteiger partial charge in [-0.15, -0.1) is 11.3 Å². The van der Waals surface area contributed by atoms with Crippen molar-refractivity contribution >= 4 is 48.6 Å². The predicted molar refractivity (Wildman–Crippen MR) is 71.0 cm³/mol. The van der Waals surface area contributed by atoms with Crippen LogP contribution >= 0.6 is 38.6 Å². The van der Waals surface area contributed by atoms with Gasteiger partial charge in [-0.3, -0.25) is 4.79 Å². The molecule has 2 N–H and O–H groups in total. The lowest BCUT2D eigenvalue weighted by Crippen LogP contribution is -2.23. The van der Waals surface area contributed by atoms with Crippen molar-refractivity contribution in [2.45, 2.75) is 10.8 Å². The lowest BCUT2D eigenvalue weighted by atomic mass is 10.5. The Hall–Kier alpha value is -0.480. The quantitative estimate of drug-likeness (QED) is 0.877. The Morgan fingerprint density at radius 2 is 2.18 bits per heavy atom. The van der Waals surface area contributed by atoms with E-state index in [9.17, 15) is 13.2 Å². The summed E-state index contributed by atoms with van der Waals surface area (Å²) in [5, 5.41) is 3.28. The minimum absolute atomic E-state index is 0.0748. The van der Waals surface area contributed by atoms with Crippen molar-refractivity contribution < 1.29 is 8.42 Å². The Morgan fingerprint density at radius 3 is 2.71 bits per heavy atom. The summed E-state index contributed by atoms with van der Waals surface area (Å²) in [5.41, 5.74) is 0.552. The van der Waals surface area contributed by atoms with Crippen LogP contribution in [0.2, 0.25) is 0 Å². The standard InChI is InChI=1S/C8H7BrN2O3S3/c9-6-1-2-15-7(6)17(13,14)10-3-5-4-16-8(12)11-5/h1-2,4,10H,3H2,(H,11,12). The molecule has 0 atom stereocenters. The van der Waals surface area contributed by atoms with Gasteiger partial charge < -0.3 is 4.98 Å². The van der Waals surface area contributed by atoms with E-state index in [4.69, 9.17) is 0 Å². The fourth-order valence-corrected chi connectivity index (χ4v) is 5.08. The van der Waals surface area contributed by atoms with Gasteiger partial charge >= 0.3 is 4.87 Å². The minimum Gasteiger partial charge on any atom is -0.315 e. The van der Waals surface area contributed by atoms with E-state index in [0.29, 0.717) is 10.2 Å². The van der Waals surface area contributed by atoms with Crippen molar-refractivity contribution in [1.29, 1.82) is 0 Å². The number of halogens is 1. The Kier molecular flexibility index (Phi) is 3.83. The number of sulfonamides is 1. The molecule has 0 aromatic carbocycles. The molecule has 0 aliphatic rings. The number of aromatic amines is 1. The van der Waals surface area contributed by atoms with Gasteiger partial charge in [0.25, 0.3) is 10.0 Å². The molecule has 17 heavy (non-hydrogen) atoms. The summed E-state index contributed by atoms with van der Waals surface area (Å²) in [6.45, 7) is 0.0748. The van der Waals surface area contributed by atoms with Crippen LogP contribution in [0.5, 0.6) is 0 Å². The predicted octanol–water partition coefficient (Wildman–Crippen LogP) is 1.74. The average Bonchev–Trinajstić information content (AvgIpc) is 2.85. The topological polar surface area (TPSA) is 79.0 Å². The van der Waals surface area contributed by atoms with E-state index in [0.717, 1.165) is 22.7 Å². The Bertz CT molecular complexity index is 670. The summed E-state index contributed by atoms with van der Waals surface area (Å²) in [6.07, 6.45) is 0. The van der Waals surface area contributed by atoms with Gasteiger partial charge in [0.15, 0.2) is 0 Å². The van der Waals surface area contributed by atoms with Gasteiger partial charge in [0, 0.05) is 15.5 Å². The van der Waals surface area contributed by atoms with Crippen LogP contribution in [0.4, 0.5) is 0 Å². The van der Waals surface area contributed by atoms with E-state index in [-0.39, 0.29) is 15.6 Å². The second kappa shape index (κ2) is 5.02. The van der Waals surface area contributed by atoms with E-state index >= 15 is 0 Å². The SMILES string of the molecule is O=c1[nH]c(CNS(=O)(=O)c2sccc2Br)cs1. The van der Waals surface area contributed by atoms with E-state index in [1.165, 1.54) is 0 Å². The van der Waals surface area contributed by atoms with Crippen molar-refractivity contribution in [2.24, 2.45) is 0 Å². The molecule has 0 aliphatic carbocycles. The molecule has 0 aliphatic heterocycles. The lowest BCUT2D eigenvalue weighted by Gasteiger charge is -2.03. The first-order valence-corrected chi connectivity index (χ1v) is 8.42. The molecule has 2 rings (SSSR count). The maximum absolute atomic E-state index is 11.9. The zero-order valence-electron chi connectivity index (χ0n) is 8.27. The monoisotopic (exact) mass is 354 g/mol. The molecule has 0 unspecified atom stereocenters. The van der Waals surface area contributed by atoms with E-state index in [1.807, 2.05) is 0 Å². The van der Waals surface area contributed by atoms with Gasteiger partial charge in [-0.1, -0.05) is 11.3 Å². The van der Waals surface area contributed by atoms with Crippen LogP contribution in [0.3, 0.4) is 0 Å². The smallest absolute Gasteiger partial charge is 0.304 e. The van der Waals surface area contributed by atoms with Gasteiger partial charge in [0.05, 0.1) is 6.54 Å². The van der Waals surface area contributed by atoms with Crippen molar-refractivity contribution in [1.82, 2.24) is 9.71 Å². The first-order chi connectivity index (χ1) is 7.99. The number of thiazole rings is 1. The van der Waals surface area contributed by atoms with Crippen molar-refractivity contribution in [3.63, 3.8) is 0 Å². The van der Waals surface area contributed by atoms with E-state index in [2.05, 4.69) is 25.6 Å². The minimum atomic E-state index is -3.53. The van der Waals surface area contributed by atoms with Crippen molar-refractivity contribution in [3.8, 4) is 0 Å². The number of thiophene rings is 1. The normalized spacial score (nSPS) is 11.8. The first kappa shape index (κ1) is 13.0. The van der Waals surface area contributed by atoms with Crippen LogP contribution in [0, 0.1) is 0 Å². The molecule has 0 saturated heterocycles. The number of hydrogen-bond donors (Lipinski definition) is 2. The Labute approximate surface area is 114 Å². The van der Waals surface area contributed by atoms with Gasteiger partial charge in [-0.25, -0.2) is 13.1 Å². The largest absolute Gasteiger partial charge is 0.315 e. The zero-order chi connectivity index (χ0) is 12.5. The molecule has 2 aromatic rings. The molecular formula is C8H7BrN2O3S3. The molecule has 92 valence electrons. The fraction of sp³-hybridized carbons (Fsp3) is 0.125. The third kappa shape index (κ3) is 3.05. The molecule has 0 fully saturated rings. The van der Waals surface area contributed by atoms with Crippen LogP contribution in [0.1, 0.15) is 5.69 Å². The summed E-state index contributed by atoms with van der Waals surface area (Å²) < 4.78 is 26.9. The molecule has 2 aromatic heterocycles. The molecule has 2 heterocycles. The van der Waals surface area contributed by atoms with Gasteiger partial charge in [0.2, 0.25) is 0 Å². The second-order valence-electron chi connectivity index (χ2n) is 3.05. The summed E-state index contributed by atoms with van der Waals surface area (Å²) in [6, 6.07) is 1.67. The van der Waals surface area contributed by atoms with Crippen LogP contribution in [0.25, 0.3) is 0 Å². The van der Waals surface area contributed by atoms with Gasteiger partial charge in [0.1, 0.15) is 4.21 Å². The molecule has 0 spiro atoms. The molecule has 0 amide bonds. The van der Waals surface area contributed by atoms with Crippen LogP contribution in [-0.4, -0.2) is 13.4 Å². The highest BCUT2D eigenvalue weighted by molar-refractivity contribution is 9.10. The summed E-state index contributed by atoms with van der Waals surface area (Å²) in [5.74, 6) is 0. The van der Waals surface area contributed by atoms with Gasteiger partial charge in [-0.05, 0) is 27.4 Å². The number of rotatable bonds is 4. The second-order valence-corrected chi connectivity index (χ2v) is 7.63. The maximum atomic E-state index is 11.9. The fourth-order valence-electron chi connectivity index (χ4n) is 1.11. The summed E-state index contributed by atoms with van der Waals surface area (Å²) in [4.78, 5) is 13.2. The Morgan fingerprint density at radius 1 is 1.41 bits per heavy atom. The molecule has 9 heteroatoms. The average molecular weight is 355 g/mol. The molecule has 5 nitrogen and oxygen atoms in total. The zero-order valence-corrected chi connectivity index (χ0v) is 12.3. The summed E-state index contributed by atoms with van der Waals surface area (Å²) in [7, 11) is -3.53. The molecule has 0 radical (unpaired) electrons. The van der Waals surface area contributed by atoms with Crippen molar-refractivity contribution in [3.05, 3.63) is 36.7 Å². The van der Waals surface area contributed by atoms with Crippen molar-refractivity contribution in [2.75, 3.05) is 0 Å². The van der Waals surface area contributed by atoms with Gasteiger partial charge in [-0.2, -0.15) is 0 Å². The molecule has 0 bridgehead atoms. The number of H-pyrrole nitrogens is 1. The van der Waals surface area contributed by atoms with E-state index < -0.39 is 10.0 Å². The van der Waals surface area contributed by atoms with Crippen LogP contribution in [-0.2, 0) is 16.6 Å². The highest BCUT2D eigenvalue weighted by Gasteiger charge is 2.18. The molecular weight excluding hydrogens is 348 g/mol. The van der Waals surface area contributed by atoms with Crippen LogP contribution < -0.4 is 9.60 Å². The highest BCUT2D eigenvalue weighted by Crippen LogP contribution is 2.27.